The lowest BCUT2D eigenvalue weighted by molar-refractivity contribution is 0.628. The van der Waals surface area contributed by atoms with Gasteiger partial charge in [0.15, 0.2) is 0 Å². The molecule has 0 aliphatic heterocycles. The highest BCUT2D eigenvalue weighted by atomic mass is 19.1. The van der Waals surface area contributed by atoms with Crippen LogP contribution in [0, 0.1) is 17.1 Å². The number of nitrogens with zero attached hydrogens (tertiary/aromatic N) is 1. The lowest BCUT2D eigenvalue weighted by Crippen LogP contribution is -2.13. The number of rotatable bonds is 1. The van der Waals surface area contributed by atoms with Gasteiger partial charge in [-0.15, -0.1) is 0 Å². The summed E-state index contributed by atoms with van der Waals surface area (Å²) in [5.74, 6) is -0.307. The summed E-state index contributed by atoms with van der Waals surface area (Å²) in [5.41, 5.74) is 5.61. The van der Waals surface area contributed by atoms with Gasteiger partial charge in [-0.1, -0.05) is 12.1 Å². The van der Waals surface area contributed by atoms with Crippen molar-refractivity contribution in [1.29, 1.82) is 5.26 Å². The monoisotopic (exact) mass is 229 g/mol. The van der Waals surface area contributed by atoms with Crippen molar-refractivity contribution in [2.45, 2.75) is 0 Å². The number of nitrogens with two attached hydrogens (primary N) is 1. The van der Waals surface area contributed by atoms with Gasteiger partial charge < -0.3 is 10.7 Å². The maximum atomic E-state index is 13.1. The molecule has 2 rings (SSSR count). The number of nitrogens with one attached hydrogen (secondary N) is 1. The van der Waals surface area contributed by atoms with Crippen LogP contribution in [0.1, 0.15) is 5.56 Å². The molecule has 0 amide bonds. The molecule has 0 unspecified atom stereocenters. The van der Waals surface area contributed by atoms with E-state index in [1.54, 1.807) is 12.1 Å². The summed E-state index contributed by atoms with van der Waals surface area (Å²) in [6, 6.07) is 8.87. The van der Waals surface area contributed by atoms with E-state index in [2.05, 4.69) is 4.98 Å². The maximum Gasteiger partial charge on any atom is 0.268 e. The minimum Gasteiger partial charge on any atom is -0.385 e. The molecule has 1 aromatic heterocycles. The fraction of sp³-hybridized carbons (Fsp3) is 0. The van der Waals surface area contributed by atoms with Gasteiger partial charge in [0.1, 0.15) is 23.3 Å². The summed E-state index contributed by atoms with van der Waals surface area (Å²) in [6.45, 7) is 0. The highest BCUT2D eigenvalue weighted by Gasteiger charge is 2.10. The molecular formula is C12H8FN3O. The van der Waals surface area contributed by atoms with Gasteiger partial charge in [0.05, 0.1) is 0 Å². The van der Waals surface area contributed by atoms with Gasteiger partial charge in [-0.2, -0.15) is 5.26 Å². The molecule has 0 radical (unpaired) electrons. The Morgan fingerprint density at radius 1 is 1.35 bits per heavy atom. The van der Waals surface area contributed by atoms with Crippen molar-refractivity contribution in [2.24, 2.45) is 0 Å². The molecule has 5 heteroatoms. The summed E-state index contributed by atoms with van der Waals surface area (Å²) >= 11 is 0. The molecule has 1 heterocycles. The molecule has 4 nitrogen and oxygen atoms in total. The normalized spacial score (nSPS) is 9.88. The third kappa shape index (κ3) is 2.01. The van der Waals surface area contributed by atoms with Gasteiger partial charge in [0.25, 0.3) is 5.56 Å². The SMILES string of the molecule is N#Cc1c(-c2cccc(F)c2)cc(N)[nH]c1=O. The molecule has 84 valence electrons. The molecule has 0 aliphatic rings. The van der Waals surface area contributed by atoms with Crippen LogP contribution in [0.3, 0.4) is 0 Å². The zero-order valence-electron chi connectivity index (χ0n) is 8.70. The highest BCUT2D eigenvalue weighted by molar-refractivity contribution is 5.72. The van der Waals surface area contributed by atoms with E-state index in [-0.39, 0.29) is 11.4 Å². The molecule has 0 aliphatic carbocycles. The summed E-state index contributed by atoms with van der Waals surface area (Å²) in [6.07, 6.45) is 0. The summed E-state index contributed by atoms with van der Waals surface area (Å²) in [7, 11) is 0. The van der Waals surface area contributed by atoms with E-state index in [9.17, 15) is 9.18 Å². The van der Waals surface area contributed by atoms with Gasteiger partial charge in [0.2, 0.25) is 0 Å². The van der Waals surface area contributed by atoms with Crippen LogP contribution < -0.4 is 11.3 Å². The minimum absolute atomic E-state index is 0.0789. The topological polar surface area (TPSA) is 82.7 Å². The molecular weight excluding hydrogens is 221 g/mol. The van der Waals surface area contributed by atoms with Crippen LogP contribution in [-0.4, -0.2) is 4.98 Å². The fourth-order valence-electron chi connectivity index (χ4n) is 1.57. The van der Waals surface area contributed by atoms with Gasteiger partial charge in [0, 0.05) is 5.56 Å². The third-order valence-electron chi connectivity index (χ3n) is 2.30. The molecule has 3 N–H and O–H groups in total. The molecule has 2 aromatic rings. The Kier molecular flexibility index (Phi) is 2.63. The molecule has 1 aromatic carbocycles. The predicted molar refractivity (Wildman–Crippen MR) is 61.6 cm³/mol. The van der Waals surface area contributed by atoms with Gasteiger partial charge in [-0.3, -0.25) is 4.79 Å². The summed E-state index contributed by atoms with van der Waals surface area (Å²) < 4.78 is 13.1. The number of hydrogen-bond donors (Lipinski definition) is 2. The third-order valence-corrected chi connectivity index (χ3v) is 2.30. The predicted octanol–water partition coefficient (Wildman–Crippen LogP) is 1.63. The minimum atomic E-state index is -0.577. The molecule has 0 saturated carbocycles. The average Bonchev–Trinajstić information content (AvgIpc) is 2.28. The number of pyridine rings is 1. The first-order valence-electron chi connectivity index (χ1n) is 4.80. The zero-order valence-corrected chi connectivity index (χ0v) is 8.70. The standard InChI is InChI=1S/C12H8FN3O/c13-8-3-1-2-7(4-8)9-5-11(15)16-12(17)10(9)6-14/h1-5H,(H3,15,16,17). The number of halogens is 1. The number of H-pyrrole nitrogens is 1. The van der Waals surface area contributed by atoms with Crippen LogP contribution in [0.4, 0.5) is 10.2 Å². The number of aromatic nitrogens is 1. The second-order valence-electron chi connectivity index (χ2n) is 3.46. The van der Waals surface area contributed by atoms with Crippen molar-refractivity contribution < 1.29 is 4.39 Å². The van der Waals surface area contributed by atoms with E-state index in [1.807, 2.05) is 0 Å². The first kappa shape index (κ1) is 10.9. The van der Waals surface area contributed by atoms with Gasteiger partial charge >= 0.3 is 0 Å². The average molecular weight is 229 g/mol. The first-order chi connectivity index (χ1) is 8.11. The van der Waals surface area contributed by atoms with Crippen molar-refractivity contribution >= 4 is 5.82 Å². The highest BCUT2D eigenvalue weighted by Crippen LogP contribution is 2.22. The van der Waals surface area contributed by atoms with Crippen molar-refractivity contribution in [3.8, 4) is 17.2 Å². The Hall–Kier alpha value is -2.61. The van der Waals surface area contributed by atoms with E-state index in [1.165, 1.54) is 24.3 Å². The van der Waals surface area contributed by atoms with Crippen LogP contribution in [0.5, 0.6) is 0 Å². The number of hydrogen-bond acceptors (Lipinski definition) is 3. The summed E-state index contributed by atoms with van der Waals surface area (Å²) in [4.78, 5) is 13.8. The van der Waals surface area contributed by atoms with Crippen molar-refractivity contribution in [3.63, 3.8) is 0 Å². The maximum absolute atomic E-state index is 13.1. The van der Waals surface area contributed by atoms with Crippen LogP contribution >= 0.6 is 0 Å². The Bertz CT molecular complexity index is 670. The van der Waals surface area contributed by atoms with Crippen LogP contribution in [0.2, 0.25) is 0 Å². The number of aromatic amines is 1. The summed E-state index contributed by atoms with van der Waals surface area (Å²) in [5, 5.41) is 8.92. The van der Waals surface area contributed by atoms with Crippen molar-refractivity contribution in [1.82, 2.24) is 4.98 Å². The smallest absolute Gasteiger partial charge is 0.268 e. The Morgan fingerprint density at radius 3 is 2.76 bits per heavy atom. The molecule has 0 atom stereocenters. The molecule has 17 heavy (non-hydrogen) atoms. The number of nitrogen functional groups attached to an aromatic ring is 1. The van der Waals surface area contributed by atoms with Gasteiger partial charge in [-0.25, -0.2) is 4.39 Å². The number of nitriles is 1. The Morgan fingerprint density at radius 2 is 2.12 bits per heavy atom. The fourth-order valence-corrected chi connectivity index (χ4v) is 1.57. The molecule has 0 fully saturated rings. The van der Waals surface area contributed by atoms with Crippen molar-refractivity contribution in [2.75, 3.05) is 5.73 Å². The quantitative estimate of drug-likeness (QED) is 0.779. The van der Waals surface area contributed by atoms with Crippen LogP contribution in [0.25, 0.3) is 11.1 Å². The van der Waals surface area contributed by atoms with E-state index in [4.69, 9.17) is 11.0 Å². The first-order valence-corrected chi connectivity index (χ1v) is 4.80. The zero-order chi connectivity index (χ0) is 12.4. The lowest BCUT2D eigenvalue weighted by Gasteiger charge is -2.04. The van der Waals surface area contributed by atoms with Gasteiger partial charge in [-0.05, 0) is 23.8 Å². The Labute approximate surface area is 96.1 Å². The number of benzene rings is 1. The van der Waals surface area contributed by atoms with Crippen LogP contribution in [-0.2, 0) is 0 Å². The van der Waals surface area contributed by atoms with E-state index >= 15 is 0 Å². The molecule has 0 saturated heterocycles. The molecule has 0 bridgehead atoms. The van der Waals surface area contributed by atoms with Crippen LogP contribution in [0.15, 0.2) is 35.1 Å². The van der Waals surface area contributed by atoms with E-state index in [0.29, 0.717) is 11.1 Å². The van der Waals surface area contributed by atoms with E-state index < -0.39 is 11.4 Å². The largest absolute Gasteiger partial charge is 0.385 e. The lowest BCUT2D eigenvalue weighted by atomic mass is 10.0. The van der Waals surface area contributed by atoms with E-state index in [0.717, 1.165) is 0 Å². The molecule has 0 spiro atoms. The number of anilines is 1. The second kappa shape index (κ2) is 4.10. The Balaban J connectivity index is 2.76. The van der Waals surface area contributed by atoms with Crippen molar-refractivity contribution in [3.05, 3.63) is 52.1 Å². The second-order valence-corrected chi connectivity index (χ2v) is 3.46.